The van der Waals surface area contributed by atoms with Crippen molar-refractivity contribution < 1.29 is 9.53 Å². The number of nitrogens with zero attached hydrogens (tertiary/aromatic N) is 2. The standard InChI is InChI=1S/C13H23N3O2/c1-13(2,3)18-12(17)16(10-4-7-14)11-5-8-15-9-6-11/h11,15H,4-6,8-10H2,1-3H3. The van der Waals surface area contributed by atoms with Gasteiger partial charge in [-0.1, -0.05) is 0 Å². The number of rotatable bonds is 3. The average Bonchev–Trinajstić information content (AvgIpc) is 2.28. The molecule has 0 aromatic carbocycles. The monoisotopic (exact) mass is 253 g/mol. The van der Waals surface area contributed by atoms with E-state index in [1.54, 1.807) is 4.90 Å². The quantitative estimate of drug-likeness (QED) is 0.834. The van der Waals surface area contributed by atoms with Gasteiger partial charge in [-0.3, -0.25) is 0 Å². The van der Waals surface area contributed by atoms with Gasteiger partial charge in [0.15, 0.2) is 0 Å². The van der Waals surface area contributed by atoms with E-state index in [9.17, 15) is 4.79 Å². The van der Waals surface area contributed by atoms with Crippen molar-refractivity contribution in [1.82, 2.24) is 10.2 Å². The van der Waals surface area contributed by atoms with Crippen LogP contribution >= 0.6 is 0 Å². The first-order valence-corrected chi connectivity index (χ1v) is 6.51. The molecule has 0 aromatic rings. The van der Waals surface area contributed by atoms with Crippen molar-refractivity contribution in [3.05, 3.63) is 0 Å². The molecule has 102 valence electrons. The van der Waals surface area contributed by atoms with Crippen LogP contribution in [0.2, 0.25) is 0 Å². The molecule has 0 saturated carbocycles. The molecule has 18 heavy (non-hydrogen) atoms. The topological polar surface area (TPSA) is 65.4 Å². The lowest BCUT2D eigenvalue weighted by molar-refractivity contribution is 0.0135. The summed E-state index contributed by atoms with van der Waals surface area (Å²) in [4.78, 5) is 13.9. The molecule has 0 radical (unpaired) electrons. The molecule has 0 spiro atoms. The predicted molar refractivity (Wildman–Crippen MR) is 69.1 cm³/mol. The maximum absolute atomic E-state index is 12.1. The van der Waals surface area contributed by atoms with Crippen LogP contribution < -0.4 is 5.32 Å². The van der Waals surface area contributed by atoms with E-state index in [0.717, 1.165) is 25.9 Å². The lowest BCUT2D eigenvalue weighted by Gasteiger charge is -2.35. The summed E-state index contributed by atoms with van der Waals surface area (Å²) in [5, 5.41) is 12.0. The molecule has 0 aliphatic carbocycles. The zero-order chi connectivity index (χ0) is 13.6. The van der Waals surface area contributed by atoms with Crippen LogP contribution in [0.4, 0.5) is 4.79 Å². The maximum Gasteiger partial charge on any atom is 0.410 e. The fourth-order valence-electron chi connectivity index (χ4n) is 2.03. The van der Waals surface area contributed by atoms with Crippen LogP contribution in [0, 0.1) is 11.3 Å². The third kappa shape index (κ3) is 4.92. The summed E-state index contributed by atoms with van der Waals surface area (Å²) < 4.78 is 5.41. The van der Waals surface area contributed by atoms with Crippen molar-refractivity contribution in [3.8, 4) is 6.07 Å². The van der Waals surface area contributed by atoms with E-state index < -0.39 is 5.60 Å². The third-order valence-electron chi connectivity index (χ3n) is 2.84. The van der Waals surface area contributed by atoms with Crippen LogP contribution in [-0.4, -0.2) is 42.3 Å². The third-order valence-corrected chi connectivity index (χ3v) is 2.84. The molecule has 1 aliphatic heterocycles. The number of amides is 1. The molecule has 0 atom stereocenters. The summed E-state index contributed by atoms with van der Waals surface area (Å²) >= 11 is 0. The summed E-state index contributed by atoms with van der Waals surface area (Å²) in [6, 6.07) is 2.28. The first-order chi connectivity index (χ1) is 8.44. The number of nitriles is 1. The molecule has 0 unspecified atom stereocenters. The molecular formula is C13H23N3O2. The second-order valence-corrected chi connectivity index (χ2v) is 5.56. The molecular weight excluding hydrogens is 230 g/mol. The van der Waals surface area contributed by atoms with Crippen molar-refractivity contribution >= 4 is 6.09 Å². The Kier molecular flexibility index (Phi) is 5.42. The van der Waals surface area contributed by atoms with Gasteiger partial charge in [0.05, 0.1) is 12.5 Å². The predicted octanol–water partition coefficient (Wildman–Crippen LogP) is 1.89. The van der Waals surface area contributed by atoms with Gasteiger partial charge in [0.25, 0.3) is 0 Å². The van der Waals surface area contributed by atoms with E-state index in [1.165, 1.54) is 0 Å². The van der Waals surface area contributed by atoms with Gasteiger partial charge in [-0.2, -0.15) is 5.26 Å². The summed E-state index contributed by atoms with van der Waals surface area (Å²) in [5.74, 6) is 0. The fourth-order valence-corrected chi connectivity index (χ4v) is 2.03. The van der Waals surface area contributed by atoms with Crippen molar-refractivity contribution in [2.45, 2.75) is 51.7 Å². The Labute approximate surface area is 109 Å². The van der Waals surface area contributed by atoms with Crippen molar-refractivity contribution in [3.63, 3.8) is 0 Å². The Balaban J connectivity index is 2.64. The van der Waals surface area contributed by atoms with E-state index in [4.69, 9.17) is 10.00 Å². The molecule has 1 heterocycles. The number of hydrogen-bond acceptors (Lipinski definition) is 4. The van der Waals surface area contributed by atoms with Crippen LogP contribution in [0.5, 0.6) is 0 Å². The molecule has 5 nitrogen and oxygen atoms in total. The first-order valence-electron chi connectivity index (χ1n) is 6.51. The minimum Gasteiger partial charge on any atom is -0.444 e. The number of carbonyl (C=O) groups is 1. The Hall–Kier alpha value is -1.28. The summed E-state index contributed by atoms with van der Waals surface area (Å²) in [7, 11) is 0. The highest BCUT2D eigenvalue weighted by Gasteiger charge is 2.28. The van der Waals surface area contributed by atoms with Gasteiger partial charge in [0, 0.05) is 12.6 Å². The first kappa shape index (κ1) is 14.8. The highest BCUT2D eigenvalue weighted by Crippen LogP contribution is 2.17. The summed E-state index contributed by atoms with van der Waals surface area (Å²) in [6.45, 7) is 7.85. The number of piperidine rings is 1. The van der Waals surface area contributed by atoms with Crippen molar-refractivity contribution in [2.24, 2.45) is 0 Å². The van der Waals surface area contributed by atoms with E-state index >= 15 is 0 Å². The lowest BCUT2D eigenvalue weighted by Crippen LogP contribution is -2.48. The molecule has 1 rings (SSSR count). The van der Waals surface area contributed by atoms with Gasteiger partial charge in [0.2, 0.25) is 0 Å². The Bertz CT molecular complexity index is 311. The molecule has 1 saturated heterocycles. The second kappa shape index (κ2) is 6.60. The minimum atomic E-state index is -0.491. The van der Waals surface area contributed by atoms with E-state index in [2.05, 4.69) is 11.4 Å². The summed E-state index contributed by atoms with van der Waals surface area (Å²) in [5.41, 5.74) is -0.491. The van der Waals surface area contributed by atoms with Crippen LogP contribution in [0.1, 0.15) is 40.0 Å². The fraction of sp³-hybridized carbons (Fsp3) is 0.846. The van der Waals surface area contributed by atoms with Gasteiger partial charge in [-0.05, 0) is 46.7 Å². The van der Waals surface area contributed by atoms with Gasteiger partial charge >= 0.3 is 6.09 Å². The van der Waals surface area contributed by atoms with Crippen LogP contribution in [0.25, 0.3) is 0 Å². The number of hydrogen-bond donors (Lipinski definition) is 1. The van der Waals surface area contributed by atoms with Crippen LogP contribution in [0.15, 0.2) is 0 Å². The van der Waals surface area contributed by atoms with Gasteiger partial charge in [-0.25, -0.2) is 4.79 Å². The van der Waals surface area contributed by atoms with E-state index in [0.29, 0.717) is 13.0 Å². The normalized spacial score (nSPS) is 17.0. The second-order valence-electron chi connectivity index (χ2n) is 5.56. The number of nitrogens with one attached hydrogen (secondary N) is 1. The largest absolute Gasteiger partial charge is 0.444 e. The molecule has 0 aromatic heterocycles. The maximum atomic E-state index is 12.1. The van der Waals surface area contributed by atoms with E-state index in [1.807, 2.05) is 20.8 Å². The smallest absolute Gasteiger partial charge is 0.410 e. The zero-order valence-corrected chi connectivity index (χ0v) is 11.5. The Morgan fingerprint density at radius 2 is 2.06 bits per heavy atom. The minimum absolute atomic E-state index is 0.189. The van der Waals surface area contributed by atoms with E-state index in [-0.39, 0.29) is 12.1 Å². The average molecular weight is 253 g/mol. The number of ether oxygens (including phenoxy) is 1. The van der Waals surface area contributed by atoms with Crippen molar-refractivity contribution in [2.75, 3.05) is 19.6 Å². The van der Waals surface area contributed by atoms with Gasteiger partial charge in [-0.15, -0.1) is 0 Å². The van der Waals surface area contributed by atoms with Crippen LogP contribution in [0.3, 0.4) is 0 Å². The molecule has 1 N–H and O–H groups in total. The SMILES string of the molecule is CC(C)(C)OC(=O)N(CCC#N)C1CCNCC1. The molecule has 5 heteroatoms. The van der Waals surface area contributed by atoms with Gasteiger partial charge < -0.3 is 15.0 Å². The molecule has 1 fully saturated rings. The lowest BCUT2D eigenvalue weighted by atomic mass is 10.1. The summed E-state index contributed by atoms with van der Waals surface area (Å²) in [6.07, 6.45) is 1.89. The highest BCUT2D eigenvalue weighted by atomic mass is 16.6. The molecule has 0 bridgehead atoms. The number of carbonyl (C=O) groups excluding carboxylic acids is 1. The zero-order valence-electron chi connectivity index (χ0n) is 11.5. The molecule has 1 amide bonds. The highest BCUT2D eigenvalue weighted by molar-refractivity contribution is 5.68. The van der Waals surface area contributed by atoms with Gasteiger partial charge in [0.1, 0.15) is 5.60 Å². The Morgan fingerprint density at radius 1 is 1.44 bits per heavy atom. The molecule has 1 aliphatic rings. The Morgan fingerprint density at radius 3 is 2.56 bits per heavy atom. The van der Waals surface area contributed by atoms with Crippen molar-refractivity contribution in [1.29, 1.82) is 5.26 Å². The van der Waals surface area contributed by atoms with Crippen LogP contribution in [-0.2, 0) is 4.74 Å².